The Bertz CT molecular complexity index is 609. The zero-order valence-corrected chi connectivity index (χ0v) is 17.5. The Morgan fingerprint density at radius 2 is 1.46 bits per heavy atom. The number of nitrogen functional groups attached to an aromatic ring is 2. The fourth-order valence-electron chi connectivity index (χ4n) is 5.32. The standard InChI is InChI=1S/C24H38N2O2/c1-2-3-4-5-17-6-8-18(9-7-17)19-10-12-23(13-11-19)28-24(27)20-14-21(25)16-22(26)15-20/h14-19,23H,2-13,25-26H2,1H3. The Labute approximate surface area is 170 Å². The second-order valence-electron chi connectivity index (χ2n) is 9.11. The lowest BCUT2D eigenvalue weighted by molar-refractivity contribution is 0.0109. The maximum Gasteiger partial charge on any atom is 0.338 e. The van der Waals surface area contributed by atoms with Crippen LogP contribution in [0.1, 0.15) is 94.3 Å². The highest BCUT2D eigenvalue weighted by atomic mass is 16.5. The summed E-state index contributed by atoms with van der Waals surface area (Å²) in [5, 5.41) is 0. The molecule has 1 aromatic rings. The predicted octanol–water partition coefficient (Wildman–Crippen LogP) is 5.95. The Hall–Kier alpha value is -1.71. The van der Waals surface area contributed by atoms with E-state index >= 15 is 0 Å². The average molecular weight is 387 g/mol. The van der Waals surface area contributed by atoms with Crippen molar-refractivity contribution in [1.29, 1.82) is 0 Å². The Morgan fingerprint density at radius 3 is 2.04 bits per heavy atom. The number of anilines is 2. The first-order chi connectivity index (χ1) is 13.5. The third kappa shape index (κ3) is 5.89. The van der Waals surface area contributed by atoms with Crippen LogP contribution >= 0.6 is 0 Å². The van der Waals surface area contributed by atoms with Gasteiger partial charge in [-0.25, -0.2) is 4.79 Å². The van der Waals surface area contributed by atoms with Crippen molar-refractivity contribution in [1.82, 2.24) is 0 Å². The van der Waals surface area contributed by atoms with E-state index in [9.17, 15) is 4.79 Å². The molecule has 4 nitrogen and oxygen atoms in total. The monoisotopic (exact) mass is 386 g/mol. The molecule has 0 aromatic heterocycles. The lowest BCUT2D eigenvalue weighted by atomic mass is 9.70. The first kappa shape index (κ1) is 21.0. The number of unbranched alkanes of at least 4 members (excludes halogenated alkanes) is 2. The average Bonchev–Trinajstić information content (AvgIpc) is 2.69. The van der Waals surface area contributed by atoms with Gasteiger partial charge in [-0.2, -0.15) is 0 Å². The lowest BCUT2D eigenvalue weighted by Gasteiger charge is -2.37. The molecule has 28 heavy (non-hydrogen) atoms. The largest absolute Gasteiger partial charge is 0.459 e. The summed E-state index contributed by atoms with van der Waals surface area (Å²) in [4.78, 5) is 12.4. The number of benzene rings is 1. The zero-order chi connectivity index (χ0) is 19.9. The first-order valence-corrected chi connectivity index (χ1v) is 11.4. The molecule has 0 radical (unpaired) electrons. The van der Waals surface area contributed by atoms with Crippen molar-refractivity contribution in [2.75, 3.05) is 11.5 Å². The van der Waals surface area contributed by atoms with Crippen LogP contribution < -0.4 is 11.5 Å². The third-order valence-electron chi connectivity index (χ3n) is 6.98. The fraction of sp³-hybridized carbons (Fsp3) is 0.708. The summed E-state index contributed by atoms with van der Waals surface area (Å²) in [6.07, 6.45) is 15.7. The summed E-state index contributed by atoms with van der Waals surface area (Å²) in [6.45, 7) is 2.29. The molecule has 156 valence electrons. The molecule has 3 rings (SSSR count). The Balaban J connectivity index is 1.39. The van der Waals surface area contributed by atoms with E-state index in [1.54, 1.807) is 18.2 Å². The number of carbonyl (C=O) groups is 1. The van der Waals surface area contributed by atoms with Crippen LogP contribution in [0.2, 0.25) is 0 Å². The van der Waals surface area contributed by atoms with Crippen LogP contribution in [0.3, 0.4) is 0 Å². The lowest BCUT2D eigenvalue weighted by Crippen LogP contribution is -2.29. The molecular weight excluding hydrogens is 348 g/mol. The number of esters is 1. The minimum Gasteiger partial charge on any atom is -0.459 e. The molecule has 0 bridgehead atoms. The number of hydrogen-bond acceptors (Lipinski definition) is 4. The van der Waals surface area contributed by atoms with Gasteiger partial charge < -0.3 is 16.2 Å². The summed E-state index contributed by atoms with van der Waals surface area (Å²) >= 11 is 0. The second-order valence-corrected chi connectivity index (χ2v) is 9.11. The Morgan fingerprint density at radius 1 is 0.893 bits per heavy atom. The van der Waals surface area contributed by atoms with Gasteiger partial charge in [0.2, 0.25) is 0 Å². The van der Waals surface area contributed by atoms with Crippen molar-refractivity contribution in [3.8, 4) is 0 Å². The molecule has 1 aromatic carbocycles. The van der Waals surface area contributed by atoms with Crippen molar-refractivity contribution in [3.05, 3.63) is 23.8 Å². The number of nitrogens with two attached hydrogens (primary N) is 2. The maximum absolute atomic E-state index is 12.4. The first-order valence-electron chi connectivity index (χ1n) is 11.4. The zero-order valence-electron chi connectivity index (χ0n) is 17.5. The van der Waals surface area contributed by atoms with Crippen LogP contribution in [-0.4, -0.2) is 12.1 Å². The molecule has 0 amide bonds. The van der Waals surface area contributed by atoms with Crippen LogP contribution in [0.5, 0.6) is 0 Å². The SMILES string of the molecule is CCCCCC1CCC(C2CCC(OC(=O)c3cc(N)cc(N)c3)CC2)CC1. The van der Waals surface area contributed by atoms with Crippen molar-refractivity contribution in [2.45, 2.75) is 90.1 Å². The maximum atomic E-state index is 12.4. The summed E-state index contributed by atoms with van der Waals surface area (Å²) < 4.78 is 5.74. The smallest absolute Gasteiger partial charge is 0.338 e. The summed E-state index contributed by atoms with van der Waals surface area (Å²) in [6, 6.07) is 4.94. The molecule has 4 N–H and O–H groups in total. The summed E-state index contributed by atoms with van der Waals surface area (Å²) in [7, 11) is 0. The van der Waals surface area contributed by atoms with Gasteiger partial charge in [-0.15, -0.1) is 0 Å². The van der Waals surface area contributed by atoms with Gasteiger partial charge in [0.1, 0.15) is 6.10 Å². The van der Waals surface area contributed by atoms with E-state index in [0.717, 1.165) is 30.6 Å². The molecule has 4 heteroatoms. The van der Waals surface area contributed by atoms with Crippen LogP contribution in [-0.2, 0) is 4.74 Å². The molecular formula is C24H38N2O2. The predicted molar refractivity (Wildman–Crippen MR) is 116 cm³/mol. The molecule has 0 aliphatic heterocycles. The number of hydrogen-bond donors (Lipinski definition) is 2. The van der Waals surface area contributed by atoms with E-state index in [1.165, 1.54) is 64.2 Å². The van der Waals surface area contributed by atoms with E-state index < -0.39 is 0 Å². The fourth-order valence-corrected chi connectivity index (χ4v) is 5.32. The van der Waals surface area contributed by atoms with Gasteiger partial charge in [0, 0.05) is 11.4 Å². The van der Waals surface area contributed by atoms with Gasteiger partial charge in [-0.1, -0.05) is 45.4 Å². The minimum atomic E-state index is -0.296. The van der Waals surface area contributed by atoms with Crippen LogP contribution in [0.25, 0.3) is 0 Å². The summed E-state index contributed by atoms with van der Waals surface area (Å²) in [5.74, 6) is 2.41. The normalized spacial score (nSPS) is 28.0. The van der Waals surface area contributed by atoms with E-state index in [-0.39, 0.29) is 12.1 Å². The quantitative estimate of drug-likeness (QED) is 0.344. The molecule has 0 unspecified atom stereocenters. The van der Waals surface area contributed by atoms with Gasteiger partial charge in [0.05, 0.1) is 5.56 Å². The van der Waals surface area contributed by atoms with Crippen molar-refractivity contribution in [3.63, 3.8) is 0 Å². The second kappa shape index (κ2) is 10.2. The van der Waals surface area contributed by atoms with Crippen molar-refractivity contribution < 1.29 is 9.53 Å². The highest BCUT2D eigenvalue weighted by Gasteiger charge is 2.32. The van der Waals surface area contributed by atoms with Crippen molar-refractivity contribution >= 4 is 17.3 Å². The molecule has 0 spiro atoms. The van der Waals surface area contributed by atoms with Crippen LogP contribution in [0.4, 0.5) is 11.4 Å². The van der Waals surface area contributed by atoms with Gasteiger partial charge in [0.25, 0.3) is 0 Å². The number of ether oxygens (including phenoxy) is 1. The molecule has 0 heterocycles. The van der Waals surface area contributed by atoms with E-state index in [2.05, 4.69) is 6.92 Å². The van der Waals surface area contributed by atoms with Crippen LogP contribution in [0.15, 0.2) is 18.2 Å². The van der Waals surface area contributed by atoms with Gasteiger partial charge in [-0.3, -0.25) is 0 Å². The van der Waals surface area contributed by atoms with Gasteiger partial charge >= 0.3 is 5.97 Å². The molecule has 0 saturated heterocycles. The highest BCUT2D eigenvalue weighted by molar-refractivity contribution is 5.91. The van der Waals surface area contributed by atoms with E-state index in [0.29, 0.717) is 16.9 Å². The molecule has 2 aliphatic carbocycles. The highest BCUT2D eigenvalue weighted by Crippen LogP contribution is 2.41. The number of rotatable bonds is 7. The molecule has 2 aliphatic rings. The van der Waals surface area contributed by atoms with Gasteiger partial charge in [0.15, 0.2) is 0 Å². The van der Waals surface area contributed by atoms with Crippen LogP contribution in [0, 0.1) is 17.8 Å². The van der Waals surface area contributed by atoms with Gasteiger partial charge in [-0.05, 0) is 74.5 Å². The van der Waals surface area contributed by atoms with Crippen molar-refractivity contribution in [2.24, 2.45) is 17.8 Å². The topological polar surface area (TPSA) is 78.3 Å². The molecule has 2 fully saturated rings. The van der Waals surface area contributed by atoms with E-state index in [4.69, 9.17) is 16.2 Å². The van der Waals surface area contributed by atoms with E-state index in [1.807, 2.05) is 0 Å². The third-order valence-corrected chi connectivity index (χ3v) is 6.98. The molecule has 0 atom stereocenters. The minimum absolute atomic E-state index is 0.0387. The summed E-state index contributed by atoms with van der Waals surface area (Å²) in [5.41, 5.74) is 13.0. The molecule has 2 saturated carbocycles. The Kier molecular flexibility index (Phi) is 7.64. The number of carbonyl (C=O) groups excluding carboxylic acids is 1.